The number of esters is 2. The fourth-order valence-corrected chi connectivity index (χ4v) is 2.07. The van der Waals surface area contributed by atoms with Gasteiger partial charge in [0.15, 0.2) is 0 Å². The third kappa shape index (κ3) is 2.92. The molecule has 0 unspecified atom stereocenters. The molecule has 20 heavy (non-hydrogen) atoms. The summed E-state index contributed by atoms with van der Waals surface area (Å²) in [5.74, 6) is -0.727. The maximum absolute atomic E-state index is 12.0. The molecule has 1 fully saturated rings. The molecule has 0 aliphatic carbocycles. The molecule has 0 bridgehead atoms. The maximum atomic E-state index is 12.0. The topological polar surface area (TPSA) is 55.8 Å². The summed E-state index contributed by atoms with van der Waals surface area (Å²) in [6.07, 6.45) is 1.09. The Morgan fingerprint density at radius 1 is 1.10 bits per heavy atom. The van der Waals surface area contributed by atoms with E-state index in [4.69, 9.17) is 9.47 Å². The first kappa shape index (κ1) is 14.4. The van der Waals surface area contributed by atoms with Gasteiger partial charge in [0.25, 0.3) is 0 Å². The second-order valence-electron chi connectivity index (χ2n) is 4.51. The van der Waals surface area contributed by atoms with Gasteiger partial charge in [-0.2, -0.15) is 0 Å². The standard InChI is InChI=1S/C15H19NO4/c1-3-19-14(17)11-6-7-12(15(18)20-4-2)13(10-11)16-8-5-9-16/h6-7,10H,3-5,8-9H2,1-2H3. The van der Waals surface area contributed by atoms with Crippen LogP contribution in [0.5, 0.6) is 0 Å². The first-order chi connectivity index (χ1) is 9.67. The summed E-state index contributed by atoms with van der Waals surface area (Å²) in [5.41, 5.74) is 1.71. The molecule has 1 saturated heterocycles. The number of ether oxygens (including phenoxy) is 2. The highest BCUT2D eigenvalue weighted by Crippen LogP contribution is 2.27. The largest absolute Gasteiger partial charge is 0.462 e. The zero-order valence-electron chi connectivity index (χ0n) is 11.8. The smallest absolute Gasteiger partial charge is 0.340 e. The number of hydrogen-bond donors (Lipinski definition) is 0. The number of hydrogen-bond acceptors (Lipinski definition) is 5. The van der Waals surface area contributed by atoms with Crippen LogP contribution in [0.3, 0.4) is 0 Å². The SMILES string of the molecule is CCOC(=O)c1ccc(C(=O)OCC)c(N2CCC2)c1. The minimum Gasteiger partial charge on any atom is -0.462 e. The first-order valence-corrected chi connectivity index (χ1v) is 6.90. The quantitative estimate of drug-likeness (QED) is 0.773. The van der Waals surface area contributed by atoms with Crippen LogP contribution in [0.25, 0.3) is 0 Å². The maximum Gasteiger partial charge on any atom is 0.340 e. The fraction of sp³-hybridized carbons (Fsp3) is 0.467. The highest BCUT2D eigenvalue weighted by molar-refractivity contribution is 5.99. The summed E-state index contributed by atoms with van der Waals surface area (Å²) in [6, 6.07) is 4.95. The van der Waals surface area contributed by atoms with Crippen molar-refractivity contribution in [2.45, 2.75) is 20.3 Å². The van der Waals surface area contributed by atoms with Crippen LogP contribution in [0.15, 0.2) is 18.2 Å². The van der Waals surface area contributed by atoms with Gasteiger partial charge in [0, 0.05) is 13.1 Å². The van der Waals surface area contributed by atoms with Crippen molar-refractivity contribution in [3.8, 4) is 0 Å². The lowest BCUT2D eigenvalue weighted by molar-refractivity contribution is 0.0512. The van der Waals surface area contributed by atoms with Crippen LogP contribution in [-0.2, 0) is 9.47 Å². The van der Waals surface area contributed by atoms with E-state index in [0.29, 0.717) is 24.3 Å². The van der Waals surface area contributed by atoms with Gasteiger partial charge in [0.1, 0.15) is 0 Å². The minimum absolute atomic E-state index is 0.331. The summed E-state index contributed by atoms with van der Waals surface area (Å²) in [4.78, 5) is 25.8. The summed E-state index contributed by atoms with van der Waals surface area (Å²) < 4.78 is 10.0. The van der Waals surface area contributed by atoms with Crippen molar-refractivity contribution in [2.24, 2.45) is 0 Å². The Labute approximate surface area is 118 Å². The Morgan fingerprint density at radius 2 is 1.75 bits per heavy atom. The monoisotopic (exact) mass is 277 g/mol. The molecule has 1 aliphatic heterocycles. The van der Waals surface area contributed by atoms with Gasteiger partial charge in [-0.25, -0.2) is 9.59 Å². The highest BCUT2D eigenvalue weighted by Gasteiger charge is 2.23. The lowest BCUT2D eigenvalue weighted by atomic mass is 10.0. The van der Waals surface area contributed by atoms with Crippen LogP contribution in [0.2, 0.25) is 0 Å². The van der Waals surface area contributed by atoms with E-state index in [2.05, 4.69) is 4.90 Å². The van der Waals surface area contributed by atoms with Crippen LogP contribution in [0.4, 0.5) is 5.69 Å². The van der Waals surface area contributed by atoms with E-state index in [1.165, 1.54) is 0 Å². The van der Waals surface area contributed by atoms with Gasteiger partial charge >= 0.3 is 11.9 Å². The van der Waals surface area contributed by atoms with Gasteiger partial charge in [-0.05, 0) is 38.5 Å². The summed E-state index contributed by atoms with van der Waals surface area (Å²) >= 11 is 0. The molecule has 0 spiro atoms. The number of benzene rings is 1. The van der Waals surface area contributed by atoms with E-state index in [1.807, 2.05) is 0 Å². The fourth-order valence-electron chi connectivity index (χ4n) is 2.07. The van der Waals surface area contributed by atoms with E-state index >= 15 is 0 Å². The molecule has 1 aromatic carbocycles. The predicted octanol–water partition coefficient (Wildman–Crippen LogP) is 2.25. The second kappa shape index (κ2) is 6.41. The van der Waals surface area contributed by atoms with E-state index < -0.39 is 0 Å². The summed E-state index contributed by atoms with van der Waals surface area (Å²) in [5, 5.41) is 0. The van der Waals surface area contributed by atoms with Gasteiger partial charge in [-0.1, -0.05) is 0 Å². The van der Waals surface area contributed by atoms with E-state index in [0.717, 1.165) is 25.2 Å². The van der Waals surface area contributed by atoms with Crippen molar-refractivity contribution >= 4 is 17.6 Å². The minimum atomic E-state index is -0.371. The first-order valence-electron chi connectivity index (χ1n) is 6.90. The molecule has 2 rings (SSSR count). The number of carbonyl (C=O) groups excluding carboxylic acids is 2. The Hall–Kier alpha value is -2.04. The molecule has 1 heterocycles. The number of anilines is 1. The molecular weight excluding hydrogens is 258 g/mol. The molecule has 0 amide bonds. The van der Waals surface area contributed by atoms with Crippen molar-refractivity contribution in [2.75, 3.05) is 31.2 Å². The molecule has 108 valence electrons. The van der Waals surface area contributed by atoms with Crippen LogP contribution in [0.1, 0.15) is 41.0 Å². The molecule has 0 aromatic heterocycles. The van der Waals surface area contributed by atoms with E-state index in [1.54, 1.807) is 32.0 Å². The molecule has 0 radical (unpaired) electrons. The number of rotatable bonds is 5. The third-order valence-corrected chi connectivity index (χ3v) is 3.20. The highest BCUT2D eigenvalue weighted by atomic mass is 16.5. The summed E-state index contributed by atoms with van der Waals surface area (Å²) in [6.45, 7) is 5.97. The average Bonchev–Trinajstić information content (AvgIpc) is 2.37. The van der Waals surface area contributed by atoms with Crippen molar-refractivity contribution in [3.63, 3.8) is 0 Å². The third-order valence-electron chi connectivity index (χ3n) is 3.20. The Balaban J connectivity index is 2.32. The van der Waals surface area contributed by atoms with Gasteiger partial charge < -0.3 is 14.4 Å². The van der Waals surface area contributed by atoms with Crippen molar-refractivity contribution < 1.29 is 19.1 Å². The average molecular weight is 277 g/mol. The zero-order valence-corrected chi connectivity index (χ0v) is 11.8. The Bertz CT molecular complexity index is 509. The van der Waals surface area contributed by atoms with E-state index in [-0.39, 0.29) is 11.9 Å². The number of carbonyl (C=O) groups is 2. The molecular formula is C15H19NO4. The molecule has 5 nitrogen and oxygen atoms in total. The van der Waals surface area contributed by atoms with E-state index in [9.17, 15) is 9.59 Å². The van der Waals surface area contributed by atoms with Crippen LogP contribution in [-0.4, -0.2) is 38.2 Å². The van der Waals surface area contributed by atoms with Gasteiger partial charge in [-0.15, -0.1) is 0 Å². The lowest BCUT2D eigenvalue weighted by Gasteiger charge is -2.34. The molecule has 0 saturated carbocycles. The Morgan fingerprint density at radius 3 is 2.30 bits per heavy atom. The van der Waals surface area contributed by atoms with Crippen LogP contribution in [0, 0.1) is 0 Å². The van der Waals surface area contributed by atoms with Crippen molar-refractivity contribution in [1.82, 2.24) is 0 Å². The van der Waals surface area contributed by atoms with Crippen LogP contribution >= 0.6 is 0 Å². The molecule has 0 N–H and O–H groups in total. The van der Waals surface area contributed by atoms with Crippen molar-refractivity contribution in [1.29, 1.82) is 0 Å². The normalized spacial score (nSPS) is 13.6. The van der Waals surface area contributed by atoms with Crippen LogP contribution < -0.4 is 4.90 Å². The number of nitrogens with zero attached hydrogens (tertiary/aromatic N) is 1. The molecule has 1 aromatic rings. The Kier molecular flexibility index (Phi) is 4.61. The molecule has 1 aliphatic rings. The van der Waals surface area contributed by atoms with Gasteiger partial charge in [0.05, 0.1) is 30.0 Å². The second-order valence-corrected chi connectivity index (χ2v) is 4.51. The van der Waals surface area contributed by atoms with Crippen molar-refractivity contribution in [3.05, 3.63) is 29.3 Å². The van der Waals surface area contributed by atoms with Gasteiger partial charge in [0.2, 0.25) is 0 Å². The lowest BCUT2D eigenvalue weighted by Crippen LogP contribution is -2.38. The zero-order chi connectivity index (χ0) is 14.5. The summed E-state index contributed by atoms with van der Waals surface area (Å²) in [7, 11) is 0. The predicted molar refractivity (Wildman–Crippen MR) is 75.2 cm³/mol. The molecule has 0 atom stereocenters. The van der Waals surface area contributed by atoms with Gasteiger partial charge in [-0.3, -0.25) is 0 Å². The molecule has 5 heteroatoms.